The Balaban J connectivity index is 1.78. The van der Waals surface area contributed by atoms with Gasteiger partial charge in [-0.25, -0.2) is 0 Å². The Bertz CT molecular complexity index is 308. The third-order valence-electron chi connectivity index (χ3n) is 3.39. The first-order valence-electron chi connectivity index (χ1n) is 6.69. The van der Waals surface area contributed by atoms with Crippen molar-refractivity contribution in [2.75, 3.05) is 20.3 Å². The molecule has 0 spiro atoms. The third-order valence-corrected chi connectivity index (χ3v) is 3.39. The third kappa shape index (κ3) is 4.14. The Morgan fingerprint density at radius 1 is 1.24 bits per heavy atom. The van der Waals surface area contributed by atoms with E-state index >= 15 is 0 Å². The number of hydrogen-bond acceptors (Lipinski definition) is 2. The van der Waals surface area contributed by atoms with Gasteiger partial charge in [0.2, 0.25) is 0 Å². The lowest BCUT2D eigenvalue weighted by atomic mass is 10.0. The Labute approximate surface area is 104 Å². The predicted octanol–water partition coefficient (Wildman–Crippen LogP) is 3.15. The van der Waals surface area contributed by atoms with Crippen molar-refractivity contribution >= 4 is 0 Å². The molecule has 0 radical (unpaired) electrons. The molecule has 0 aromatic heterocycles. The second kappa shape index (κ2) is 6.77. The SMILES string of the molecule is COCCCCNC(c1ccccc1)C1CC1. The van der Waals surface area contributed by atoms with Crippen molar-refractivity contribution in [1.82, 2.24) is 5.32 Å². The van der Waals surface area contributed by atoms with Gasteiger partial charge in [0.1, 0.15) is 0 Å². The molecule has 0 heterocycles. The zero-order valence-electron chi connectivity index (χ0n) is 10.7. The van der Waals surface area contributed by atoms with Crippen molar-refractivity contribution in [2.24, 2.45) is 5.92 Å². The molecule has 1 atom stereocenters. The minimum Gasteiger partial charge on any atom is -0.385 e. The van der Waals surface area contributed by atoms with Crippen LogP contribution < -0.4 is 5.32 Å². The smallest absolute Gasteiger partial charge is 0.0462 e. The van der Waals surface area contributed by atoms with Gasteiger partial charge in [-0.05, 0) is 43.7 Å². The first kappa shape index (κ1) is 12.6. The maximum atomic E-state index is 5.07. The molecule has 1 aromatic carbocycles. The van der Waals surface area contributed by atoms with Gasteiger partial charge in [0.15, 0.2) is 0 Å². The highest BCUT2D eigenvalue weighted by Crippen LogP contribution is 2.40. The monoisotopic (exact) mass is 233 g/mol. The van der Waals surface area contributed by atoms with E-state index < -0.39 is 0 Å². The molecule has 0 saturated heterocycles. The summed E-state index contributed by atoms with van der Waals surface area (Å²) >= 11 is 0. The molecule has 1 unspecified atom stereocenters. The van der Waals surface area contributed by atoms with Gasteiger partial charge in [-0.3, -0.25) is 0 Å². The van der Waals surface area contributed by atoms with E-state index in [1.165, 1.54) is 24.8 Å². The molecule has 1 fully saturated rings. The average molecular weight is 233 g/mol. The van der Waals surface area contributed by atoms with E-state index in [1.807, 2.05) is 0 Å². The van der Waals surface area contributed by atoms with Gasteiger partial charge in [-0.2, -0.15) is 0 Å². The molecule has 1 aromatic rings. The highest BCUT2D eigenvalue weighted by molar-refractivity contribution is 5.21. The van der Waals surface area contributed by atoms with Crippen LogP contribution in [0.1, 0.15) is 37.3 Å². The molecule has 0 amide bonds. The van der Waals surface area contributed by atoms with Crippen LogP contribution in [0.5, 0.6) is 0 Å². The summed E-state index contributed by atoms with van der Waals surface area (Å²) in [5.41, 5.74) is 1.45. The lowest BCUT2D eigenvalue weighted by Crippen LogP contribution is -2.24. The maximum absolute atomic E-state index is 5.07. The quantitative estimate of drug-likeness (QED) is 0.696. The number of ether oxygens (including phenoxy) is 1. The minimum atomic E-state index is 0.568. The summed E-state index contributed by atoms with van der Waals surface area (Å²) in [5, 5.41) is 3.70. The fourth-order valence-corrected chi connectivity index (χ4v) is 2.28. The first-order chi connectivity index (χ1) is 8.42. The normalized spacial score (nSPS) is 17.0. The van der Waals surface area contributed by atoms with Crippen LogP contribution in [0, 0.1) is 5.92 Å². The number of rotatable bonds is 8. The van der Waals surface area contributed by atoms with E-state index in [4.69, 9.17) is 4.74 Å². The van der Waals surface area contributed by atoms with E-state index in [9.17, 15) is 0 Å². The van der Waals surface area contributed by atoms with Crippen molar-refractivity contribution in [2.45, 2.75) is 31.7 Å². The van der Waals surface area contributed by atoms with Gasteiger partial charge < -0.3 is 10.1 Å². The number of nitrogens with one attached hydrogen (secondary N) is 1. The van der Waals surface area contributed by atoms with Crippen LogP contribution in [0.15, 0.2) is 30.3 Å². The Kier molecular flexibility index (Phi) is 5.02. The van der Waals surface area contributed by atoms with Crippen LogP contribution in [0.4, 0.5) is 0 Å². The van der Waals surface area contributed by atoms with E-state index in [0.29, 0.717) is 6.04 Å². The summed E-state index contributed by atoms with van der Waals surface area (Å²) in [6.07, 6.45) is 5.11. The van der Waals surface area contributed by atoms with E-state index in [0.717, 1.165) is 25.5 Å². The standard InChI is InChI=1S/C15H23NO/c1-17-12-6-5-11-16-15(14-9-10-14)13-7-3-2-4-8-13/h2-4,7-8,14-16H,5-6,9-12H2,1H3. The molecule has 94 valence electrons. The minimum absolute atomic E-state index is 0.568. The molecular weight excluding hydrogens is 210 g/mol. The molecule has 2 rings (SSSR count). The van der Waals surface area contributed by atoms with E-state index in [2.05, 4.69) is 35.6 Å². The van der Waals surface area contributed by atoms with Gasteiger partial charge in [-0.1, -0.05) is 30.3 Å². The van der Waals surface area contributed by atoms with Crippen LogP contribution in [-0.2, 0) is 4.74 Å². The highest BCUT2D eigenvalue weighted by Gasteiger charge is 2.31. The fraction of sp³-hybridized carbons (Fsp3) is 0.600. The van der Waals surface area contributed by atoms with Gasteiger partial charge in [0.25, 0.3) is 0 Å². The summed E-state index contributed by atoms with van der Waals surface area (Å²) in [7, 11) is 1.77. The van der Waals surface area contributed by atoms with Crippen LogP contribution in [-0.4, -0.2) is 20.3 Å². The van der Waals surface area contributed by atoms with Crippen LogP contribution in [0.3, 0.4) is 0 Å². The van der Waals surface area contributed by atoms with Gasteiger partial charge in [0.05, 0.1) is 0 Å². The molecule has 17 heavy (non-hydrogen) atoms. The van der Waals surface area contributed by atoms with Crippen molar-refractivity contribution in [3.63, 3.8) is 0 Å². The molecule has 1 aliphatic rings. The van der Waals surface area contributed by atoms with Crippen molar-refractivity contribution in [3.05, 3.63) is 35.9 Å². The van der Waals surface area contributed by atoms with Gasteiger partial charge >= 0.3 is 0 Å². The van der Waals surface area contributed by atoms with Crippen LogP contribution in [0.25, 0.3) is 0 Å². The second-order valence-electron chi connectivity index (χ2n) is 4.88. The van der Waals surface area contributed by atoms with Crippen molar-refractivity contribution in [1.29, 1.82) is 0 Å². The largest absolute Gasteiger partial charge is 0.385 e. The lowest BCUT2D eigenvalue weighted by Gasteiger charge is -2.18. The molecule has 1 N–H and O–H groups in total. The number of hydrogen-bond donors (Lipinski definition) is 1. The maximum Gasteiger partial charge on any atom is 0.0462 e. The molecular formula is C15H23NO. The molecule has 1 aliphatic carbocycles. The fourth-order valence-electron chi connectivity index (χ4n) is 2.28. The van der Waals surface area contributed by atoms with Gasteiger partial charge in [-0.15, -0.1) is 0 Å². The summed E-state index contributed by atoms with van der Waals surface area (Å²) in [4.78, 5) is 0. The number of methoxy groups -OCH3 is 1. The Hall–Kier alpha value is -0.860. The number of benzene rings is 1. The summed E-state index contributed by atoms with van der Waals surface area (Å²) < 4.78 is 5.07. The summed E-state index contributed by atoms with van der Waals surface area (Å²) in [6, 6.07) is 11.4. The highest BCUT2D eigenvalue weighted by atomic mass is 16.5. The molecule has 2 heteroatoms. The summed E-state index contributed by atoms with van der Waals surface area (Å²) in [5.74, 6) is 0.861. The van der Waals surface area contributed by atoms with Crippen molar-refractivity contribution in [3.8, 4) is 0 Å². The zero-order chi connectivity index (χ0) is 11.9. The Morgan fingerprint density at radius 2 is 2.00 bits per heavy atom. The van der Waals surface area contributed by atoms with Crippen molar-refractivity contribution < 1.29 is 4.74 Å². The van der Waals surface area contributed by atoms with Crippen LogP contribution >= 0.6 is 0 Å². The Morgan fingerprint density at radius 3 is 2.65 bits per heavy atom. The number of unbranched alkanes of at least 4 members (excludes halogenated alkanes) is 1. The van der Waals surface area contributed by atoms with E-state index in [1.54, 1.807) is 7.11 Å². The lowest BCUT2D eigenvalue weighted by molar-refractivity contribution is 0.192. The van der Waals surface area contributed by atoms with Gasteiger partial charge in [0, 0.05) is 19.8 Å². The van der Waals surface area contributed by atoms with E-state index in [-0.39, 0.29) is 0 Å². The zero-order valence-corrected chi connectivity index (χ0v) is 10.7. The van der Waals surface area contributed by atoms with Crippen LogP contribution in [0.2, 0.25) is 0 Å². The first-order valence-corrected chi connectivity index (χ1v) is 6.69. The average Bonchev–Trinajstić information content (AvgIpc) is 3.19. The predicted molar refractivity (Wildman–Crippen MR) is 71.0 cm³/mol. The second-order valence-corrected chi connectivity index (χ2v) is 4.88. The molecule has 1 saturated carbocycles. The molecule has 2 nitrogen and oxygen atoms in total. The molecule has 0 aliphatic heterocycles. The topological polar surface area (TPSA) is 21.3 Å². The summed E-state index contributed by atoms with van der Waals surface area (Å²) in [6.45, 7) is 1.97. The molecule has 0 bridgehead atoms.